The smallest absolute Gasteiger partial charge is 0.245 e. The van der Waals surface area contributed by atoms with Crippen LogP contribution in [0, 0.1) is 13.8 Å². The van der Waals surface area contributed by atoms with E-state index in [1.807, 2.05) is 45.9 Å². The monoisotopic (exact) mass is 408 g/mol. The van der Waals surface area contributed by atoms with Gasteiger partial charge in [0.1, 0.15) is 6.54 Å². The summed E-state index contributed by atoms with van der Waals surface area (Å²) in [7, 11) is -3.66. The van der Waals surface area contributed by atoms with E-state index in [0.717, 1.165) is 32.9 Å². The van der Waals surface area contributed by atoms with Gasteiger partial charge in [-0.1, -0.05) is 49.7 Å². The van der Waals surface area contributed by atoms with Crippen molar-refractivity contribution in [3.63, 3.8) is 0 Å². The molecule has 0 atom stereocenters. The third kappa shape index (κ3) is 5.23. The van der Waals surface area contributed by atoms with E-state index < -0.39 is 15.9 Å². The highest BCUT2D eigenvalue weighted by Crippen LogP contribution is 2.28. The molecule has 1 N–H and O–H groups in total. The van der Waals surface area contributed by atoms with Gasteiger partial charge in [0.15, 0.2) is 0 Å². The first-order valence-electron chi connectivity index (χ1n) is 8.64. The Hall–Kier alpha value is -2.05. The molecule has 0 heterocycles. The lowest BCUT2D eigenvalue weighted by atomic mass is 9.98. The van der Waals surface area contributed by atoms with Crippen LogP contribution in [0.5, 0.6) is 0 Å². The van der Waals surface area contributed by atoms with Crippen LogP contribution in [0.1, 0.15) is 36.5 Å². The van der Waals surface area contributed by atoms with Gasteiger partial charge in [-0.3, -0.25) is 9.10 Å². The molecule has 2 rings (SSSR count). The third-order valence-corrected chi connectivity index (χ3v) is 5.87. The predicted octanol–water partition coefficient (Wildman–Crippen LogP) is 4.48. The summed E-state index contributed by atoms with van der Waals surface area (Å²) in [6.07, 6.45) is 1.07. The van der Waals surface area contributed by atoms with Crippen LogP contribution in [0.4, 0.5) is 11.4 Å². The lowest BCUT2D eigenvalue weighted by molar-refractivity contribution is -0.114. The van der Waals surface area contributed by atoms with Crippen LogP contribution in [0.3, 0.4) is 0 Å². The van der Waals surface area contributed by atoms with E-state index in [9.17, 15) is 13.2 Å². The Morgan fingerprint density at radius 2 is 1.81 bits per heavy atom. The number of hydrogen-bond acceptors (Lipinski definition) is 3. The molecule has 7 heteroatoms. The number of rotatable bonds is 6. The highest BCUT2D eigenvalue weighted by Gasteiger charge is 2.22. The molecule has 0 saturated carbocycles. The number of para-hydroxylation sites is 1. The number of nitrogens with one attached hydrogen (secondary N) is 1. The number of carbonyl (C=O) groups is 1. The van der Waals surface area contributed by atoms with Crippen LogP contribution in [0.25, 0.3) is 0 Å². The quantitative estimate of drug-likeness (QED) is 0.765. The molecule has 0 aliphatic rings. The number of hydrogen-bond donors (Lipinski definition) is 1. The molecule has 1 amide bonds. The van der Waals surface area contributed by atoms with Gasteiger partial charge in [-0.05, 0) is 48.6 Å². The summed E-state index contributed by atoms with van der Waals surface area (Å²) in [6, 6.07) is 10.7. The van der Waals surface area contributed by atoms with Gasteiger partial charge in [0, 0.05) is 10.7 Å². The Morgan fingerprint density at radius 1 is 1.15 bits per heavy atom. The second kappa shape index (κ2) is 8.31. The summed E-state index contributed by atoms with van der Waals surface area (Å²) < 4.78 is 25.6. The Kier molecular flexibility index (Phi) is 6.54. The van der Waals surface area contributed by atoms with Crippen LogP contribution >= 0.6 is 11.6 Å². The van der Waals surface area contributed by atoms with E-state index in [0.29, 0.717) is 10.7 Å². The predicted molar refractivity (Wildman–Crippen MR) is 112 cm³/mol. The second-order valence-corrected chi connectivity index (χ2v) is 9.26. The fourth-order valence-corrected chi connectivity index (χ4v) is 3.81. The Labute approximate surface area is 166 Å². The molecular formula is C20H25ClN2O3S. The van der Waals surface area contributed by atoms with E-state index in [1.54, 1.807) is 18.2 Å². The van der Waals surface area contributed by atoms with Crippen molar-refractivity contribution in [3.8, 4) is 0 Å². The van der Waals surface area contributed by atoms with Gasteiger partial charge in [-0.2, -0.15) is 0 Å². The van der Waals surface area contributed by atoms with Crippen molar-refractivity contribution in [1.29, 1.82) is 0 Å². The van der Waals surface area contributed by atoms with Crippen molar-refractivity contribution in [2.24, 2.45) is 0 Å². The fourth-order valence-electron chi connectivity index (χ4n) is 2.79. The highest BCUT2D eigenvalue weighted by atomic mass is 35.5. The van der Waals surface area contributed by atoms with Crippen molar-refractivity contribution in [1.82, 2.24) is 0 Å². The molecule has 0 aliphatic carbocycles. The molecule has 0 fully saturated rings. The van der Waals surface area contributed by atoms with Crippen molar-refractivity contribution in [2.75, 3.05) is 22.4 Å². The SMILES string of the molecule is Cc1ccc(N(CC(=O)Nc2c(C)cccc2C(C)C)S(C)(=O)=O)cc1Cl. The summed E-state index contributed by atoms with van der Waals surface area (Å²) in [6.45, 7) is 7.50. The van der Waals surface area contributed by atoms with Gasteiger partial charge < -0.3 is 5.32 Å². The van der Waals surface area contributed by atoms with Gasteiger partial charge in [-0.15, -0.1) is 0 Å². The molecule has 2 aromatic carbocycles. The maximum atomic E-state index is 12.7. The number of nitrogens with zero attached hydrogens (tertiary/aromatic N) is 1. The van der Waals surface area contributed by atoms with Crippen molar-refractivity contribution < 1.29 is 13.2 Å². The van der Waals surface area contributed by atoms with Crippen LogP contribution in [0.2, 0.25) is 5.02 Å². The lowest BCUT2D eigenvalue weighted by Crippen LogP contribution is -2.37. The van der Waals surface area contributed by atoms with E-state index in [2.05, 4.69) is 5.32 Å². The number of sulfonamides is 1. The van der Waals surface area contributed by atoms with Crippen molar-refractivity contribution >= 4 is 38.9 Å². The molecule has 0 aromatic heterocycles. The minimum Gasteiger partial charge on any atom is -0.324 e. The molecule has 0 bridgehead atoms. The minimum absolute atomic E-state index is 0.224. The standard InChI is InChI=1S/C20H25ClN2O3S/c1-13(2)17-8-6-7-15(4)20(17)22-19(24)12-23(27(5,25)26)16-10-9-14(3)18(21)11-16/h6-11,13H,12H2,1-5H3,(H,22,24). The maximum absolute atomic E-state index is 12.7. The molecule has 5 nitrogen and oxygen atoms in total. The minimum atomic E-state index is -3.66. The zero-order valence-electron chi connectivity index (χ0n) is 16.2. The fraction of sp³-hybridized carbons (Fsp3) is 0.350. The first-order valence-corrected chi connectivity index (χ1v) is 10.9. The molecule has 27 heavy (non-hydrogen) atoms. The Morgan fingerprint density at radius 3 is 2.37 bits per heavy atom. The third-order valence-electron chi connectivity index (χ3n) is 4.32. The van der Waals surface area contributed by atoms with E-state index in [1.165, 1.54) is 0 Å². The topological polar surface area (TPSA) is 66.5 Å². The average molecular weight is 409 g/mol. The lowest BCUT2D eigenvalue weighted by Gasteiger charge is -2.23. The van der Waals surface area contributed by atoms with Crippen molar-refractivity contribution in [3.05, 3.63) is 58.1 Å². The molecule has 146 valence electrons. The molecule has 0 aliphatic heterocycles. The Balaban J connectivity index is 2.32. The van der Waals surface area contributed by atoms with Gasteiger partial charge in [-0.25, -0.2) is 8.42 Å². The number of amides is 1. The molecule has 0 unspecified atom stereocenters. The van der Waals surface area contributed by atoms with Gasteiger partial charge in [0.25, 0.3) is 0 Å². The van der Waals surface area contributed by atoms with E-state index in [-0.39, 0.29) is 12.5 Å². The van der Waals surface area contributed by atoms with Crippen LogP contribution in [0.15, 0.2) is 36.4 Å². The zero-order valence-corrected chi connectivity index (χ0v) is 17.8. The van der Waals surface area contributed by atoms with Crippen LogP contribution < -0.4 is 9.62 Å². The first kappa shape index (κ1) is 21.3. The normalized spacial score (nSPS) is 11.5. The first-order chi connectivity index (χ1) is 12.5. The second-order valence-electron chi connectivity index (χ2n) is 6.95. The summed E-state index contributed by atoms with van der Waals surface area (Å²) in [4.78, 5) is 12.7. The van der Waals surface area contributed by atoms with E-state index in [4.69, 9.17) is 11.6 Å². The molecule has 2 aromatic rings. The number of anilines is 2. The van der Waals surface area contributed by atoms with E-state index >= 15 is 0 Å². The van der Waals surface area contributed by atoms with Crippen LogP contribution in [-0.4, -0.2) is 27.1 Å². The summed E-state index contributed by atoms with van der Waals surface area (Å²) in [5.41, 5.74) is 3.86. The van der Waals surface area contributed by atoms with Crippen molar-refractivity contribution in [2.45, 2.75) is 33.6 Å². The molecule has 0 saturated heterocycles. The molecule has 0 radical (unpaired) electrons. The largest absolute Gasteiger partial charge is 0.324 e. The zero-order chi connectivity index (χ0) is 20.4. The average Bonchev–Trinajstić information content (AvgIpc) is 2.56. The highest BCUT2D eigenvalue weighted by molar-refractivity contribution is 7.92. The Bertz CT molecular complexity index is 956. The number of carbonyl (C=O) groups excluding carboxylic acids is 1. The number of benzene rings is 2. The van der Waals surface area contributed by atoms with Gasteiger partial charge in [0.2, 0.25) is 15.9 Å². The summed E-state index contributed by atoms with van der Waals surface area (Å²) in [5, 5.41) is 3.33. The molecular weight excluding hydrogens is 384 g/mol. The number of halogens is 1. The maximum Gasteiger partial charge on any atom is 0.245 e. The molecule has 0 spiro atoms. The van der Waals surface area contributed by atoms with Gasteiger partial charge in [0.05, 0.1) is 11.9 Å². The number of aryl methyl sites for hydroxylation is 2. The van der Waals surface area contributed by atoms with Gasteiger partial charge >= 0.3 is 0 Å². The summed E-state index contributed by atoms with van der Waals surface area (Å²) in [5.74, 6) is -0.185. The van der Waals surface area contributed by atoms with Crippen LogP contribution in [-0.2, 0) is 14.8 Å². The summed E-state index contributed by atoms with van der Waals surface area (Å²) >= 11 is 6.13.